The Morgan fingerprint density at radius 1 is 1.21 bits per heavy atom. The van der Waals surface area contributed by atoms with Crippen LogP contribution in [0.4, 0.5) is 10.8 Å². The number of benzene rings is 1. The molecule has 10 heteroatoms. The standard InChI is InChI=1S/C19H19N5O3S2/c1-2-11-3-7-13(8-4-11)20-16(25)10-28-19-23-22-18(29-19)21-17(26)14-9-15(27-24-14)12-5-6-12/h3-4,7-9,12H,2,5-6,10H2,1H3,(H,20,25)(H,21,22,26). The second-order valence-corrected chi connectivity index (χ2v) is 8.80. The van der Waals surface area contributed by atoms with Gasteiger partial charge >= 0.3 is 0 Å². The molecule has 8 nitrogen and oxygen atoms in total. The van der Waals surface area contributed by atoms with Gasteiger partial charge in [-0.2, -0.15) is 0 Å². The Morgan fingerprint density at radius 3 is 2.72 bits per heavy atom. The number of nitrogens with one attached hydrogen (secondary N) is 2. The SMILES string of the molecule is CCc1ccc(NC(=O)CSc2nnc(NC(=O)c3cc(C4CC4)on3)s2)cc1. The van der Waals surface area contributed by atoms with Crippen LogP contribution >= 0.6 is 23.1 Å². The molecule has 1 aliphatic rings. The molecular weight excluding hydrogens is 410 g/mol. The van der Waals surface area contributed by atoms with Crippen LogP contribution in [0.2, 0.25) is 0 Å². The number of carbonyl (C=O) groups is 2. The van der Waals surface area contributed by atoms with Crippen molar-refractivity contribution < 1.29 is 14.1 Å². The van der Waals surface area contributed by atoms with E-state index in [0.29, 0.717) is 15.4 Å². The van der Waals surface area contributed by atoms with Gasteiger partial charge in [-0.3, -0.25) is 14.9 Å². The van der Waals surface area contributed by atoms with E-state index in [9.17, 15) is 9.59 Å². The highest BCUT2D eigenvalue weighted by Crippen LogP contribution is 2.40. The lowest BCUT2D eigenvalue weighted by atomic mass is 10.1. The minimum atomic E-state index is -0.387. The zero-order chi connectivity index (χ0) is 20.2. The quantitative estimate of drug-likeness (QED) is 0.412. The van der Waals surface area contributed by atoms with Gasteiger partial charge < -0.3 is 9.84 Å². The first kappa shape index (κ1) is 19.6. The molecule has 2 heterocycles. The van der Waals surface area contributed by atoms with Gasteiger partial charge in [0.15, 0.2) is 10.0 Å². The number of hydrogen-bond donors (Lipinski definition) is 2. The van der Waals surface area contributed by atoms with Crippen LogP contribution in [-0.2, 0) is 11.2 Å². The normalized spacial score (nSPS) is 13.3. The van der Waals surface area contributed by atoms with Crippen molar-refractivity contribution in [2.24, 2.45) is 0 Å². The van der Waals surface area contributed by atoms with Gasteiger partial charge in [0.25, 0.3) is 5.91 Å². The van der Waals surface area contributed by atoms with Crippen LogP contribution in [0.25, 0.3) is 0 Å². The largest absolute Gasteiger partial charge is 0.360 e. The van der Waals surface area contributed by atoms with Crippen LogP contribution in [-0.4, -0.2) is 32.9 Å². The van der Waals surface area contributed by atoms with E-state index in [1.807, 2.05) is 24.3 Å². The fraction of sp³-hybridized carbons (Fsp3) is 0.316. The highest BCUT2D eigenvalue weighted by atomic mass is 32.2. The van der Waals surface area contributed by atoms with Gasteiger partial charge in [0.1, 0.15) is 5.76 Å². The molecule has 0 spiro atoms. The molecule has 0 atom stereocenters. The zero-order valence-corrected chi connectivity index (χ0v) is 17.3. The molecule has 0 aliphatic heterocycles. The number of hydrogen-bond acceptors (Lipinski definition) is 8. The first-order valence-corrected chi connectivity index (χ1v) is 11.0. The van der Waals surface area contributed by atoms with Gasteiger partial charge in [-0.15, -0.1) is 10.2 Å². The van der Waals surface area contributed by atoms with Crippen molar-refractivity contribution in [1.29, 1.82) is 0 Å². The van der Waals surface area contributed by atoms with Crippen molar-refractivity contribution in [1.82, 2.24) is 15.4 Å². The lowest BCUT2D eigenvalue weighted by molar-refractivity contribution is -0.113. The Morgan fingerprint density at radius 2 is 2.00 bits per heavy atom. The summed E-state index contributed by atoms with van der Waals surface area (Å²) in [5, 5.41) is 17.6. The van der Waals surface area contributed by atoms with Crippen LogP contribution in [0.1, 0.15) is 47.5 Å². The maximum Gasteiger partial charge on any atom is 0.279 e. The fourth-order valence-electron chi connectivity index (χ4n) is 2.58. The number of amides is 2. The van der Waals surface area contributed by atoms with E-state index < -0.39 is 0 Å². The smallest absolute Gasteiger partial charge is 0.279 e. The van der Waals surface area contributed by atoms with Gasteiger partial charge in [0, 0.05) is 17.7 Å². The van der Waals surface area contributed by atoms with Crippen molar-refractivity contribution in [3.63, 3.8) is 0 Å². The molecule has 2 amide bonds. The molecule has 2 N–H and O–H groups in total. The van der Waals surface area contributed by atoms with Gasteiger partial charge in [-0.25, -0.2) is 0 Å². The number of thioether (sulfide) groups is 1. The summed E-state index contributed by atoms with van der Waals surface area (Å²) in [5.74, 6) is 0.826. The summed E-state index contributed by atoms with van der Waals surface area (Å²) in [6.45, 7) is 2.08. The zero-order valence-electron chi connectivity index (χ0n) is 15.7. The Bertz CT molecular complexity index is 1010. The van der Waals surface area contributed by atoms with Crippen LogP contribution in [0.5, 0.6) is 0 Å². The summed E-state index contributed by atoms with van der Waals surface area (Å²) < 4.78 is 5.78. The molecule has 1 aliphatic carbocycles. The molecule has 150 valence electrons. The number of anilines is 2. The van der Waals surface area contributed by atoms with E-state index in [0.717, 1.165) is 30.7 Å². The predicted molar refractivity (Wildman–Crippen MR) is 112 cm³/mol. The average Bonchev–Trinajstić information content (AvgIpc) is 3.28. The van der Waals surface area contributed by atoms with Crippen molar-refractivity contribution in [3.05, 3.63) is 47.3 Å². The Labute approximate surface area is 175 Å². The molecule has 2 aromatic heterocycles. The van der Waals surface area contributed by atoms with Crippen LogP contribution in [0.15, 0.2) is 39.2 Å². The highest BCUT2D eigenvalue weighted by Gasteiger charge is 2.29. The Kier molecular flexibility index (Phi) is 5.91. The monoisotopic (exact) mass is 429 g/mol. The molecule has 3 aromatic rings. The minimum Gasteiger partial charge on any atom is -0.360 e. The molecule has 1 aromatic carbocycles. The Balaban J connectivity index is 1.25. The van der Waals surface area contributed by atoms with Gasteiger partial charge in [0.05, 0.1) is 5.75 Å². The first-order valence-electron chi connectivity index (χ1n) is 9.23. The Hall–Kier alpha value is -2.72. The van der Waals surface area contributed by atoms with E-state index in [1.54, 1.807) is 6.07 Å². The molecule has 0 unspecified atom stereocenters. The third-order valence-electron chi connectivity index (χ3n) is 4.34. The van der Waals surface area contributed by atoms with Gasteiger partial charge in [-0.05, 0) is 37.0 Å². The van der Waals surface area contributed by atoms with E-state index in [1.165, 1.54) is 28.7 Å². The third kappa shape index (κ3) is 5.21. The summed E-state index contributed by atoms with van der Waals surface area (Å²) in [7, 11) is 0. The van der Waals surface area contributed by atoms with Crippen molar-refractivity contribution >= 4 is 45.7 Å². The summed E-state index contributed by atoms with van der Waals surface area (Å²) >= 11 is 2.47. The molecule has 1 fully saturated rings. The molecule has 0 saturated heterocycles. The topological polar surface area (TPSA) is 110 Å². The molecule has 0 radical (unpaired) electrons. The van der Waals surface area contributed by atoms with Gasteiger partial charge in [0.2, 0.25) is 11.0 Å². The van der Waals surface area contributed by atoms with E-state index in [2.05, 4.69) is 32.9 Å². The summed E-state index contributed by atoms with van der Waals surface area (Å²) in [4.78, 5) is 24.3. The van der Waals surface area contributed by atoms with Crippen molar-refractivity contribution in [3.8, 4) is 0 Å². The highest BCUT2D eigenvalue weighted by molar-refractivity contribution is 8.01. The summed E-state index contributed by atoms with van der Waals surface area (Å²) in [5.41, 5.74) is 2.20. The molecule has 1 saturated carbocycles. The first-order chi connectivity index (χ1) is 14.1. The second-order valence-electron chi connectivity index (χ2n) is 6.60. The maximum absolute atomic E-state index is 12.2. The molecule has 0 bridgehead atoms. The van der Waals surface area contributed by atoms with E-state index in [-0.39, 0.29) is 23.3 Å². The van der Waals surface area contributed by atoms with Crippen LogP contribution in [0, 0.1) is 0 Å². The van der Waals surface area contributed by atoms with Crippen molar-refractivity contribution in [2.75, 3.05) is 16.4 Å². The maximum atomic E-state index is 12.2. The lowest BCUT2D eigenvalue weighted by Gasteiger charge is -2.05. The number of rotatable bonds is 8. The van der Waals surface area contributed by atoms with Crippen LogP contribution < -0.4 is 10.6 Å². The van der Waals surface area contributed by atoms with Crippen LogP contribution in [0.3, 0.4) is 0 Å². The molecule has 29 heavy (non-hydrogen) atoms. The minimum absolute atomic E-state index is 0.129. The third-order valence-corrected chi connectivity index (χ3v) is 6.31. The van der Waals surface area contributed by atoms with E-state index in [4.69, 9.17) is 4.52 Å². The number of aryl methyl sites for hydroxylation is 1. The number of nitrogens with zero attached hydrogens (tertiary/aromatic N) is 3. The predicted octanol–water partition coefficient (Wildman–Crippen LogP) is 3.95. The summed E-state index contributed by atoms with van der Waals surface area (Å²) in [6.07, 6.45) is 3.11. The van der Waals surface area contributed by atoms with Crippen molar-refractivity contribution in [2.45, 2.75) is 36.4 Å². The fourth-order valence-corrected chi connectivity index (χ4v) is 4.13. The summed E-state index contributed by atoms with van der Waals surface area (Å²) in [6, 6.07) is 9.42. The number of carbonyl (C=O) groups excluding carboxylic acids is 2. The van der Waals surface area contributed by atoms with E-state index >= 15 is 0 Å². The lowest BCUT2D eigenvalue weighted by Crippen LogP contribution is -2.13. The molecular formula is C19H19N5O3S2. The second kappa shape index (κ2) is 8.75. The van der Waals surface area contributed by atoms with Gasteiger partial charge in [-0.1, -0.05) is 47.3 Å². The number of aromatic nitrogens is 3. The molecule has 4 rings (SSSR count). The average molecular weight is 430 g/mol.